The van der Waals surface area contributed by atoms with Crippen molar-refractivity contribution in [3.8, 4) is 0 Å². The number of nitrogens with two attached hydrogens (primary N) is 1. The zero-order chi connectivity index (χ0) is 16.9. The van der Waals surface area contributed by atoms with Crippen LogP contribution in [0.5, 0.6) is 0 Å². The molecular formula is C20H27N3O. The molecule has 0 aromatic heterocycles. The smallest absolute Gasteiger partial charge is 0.0670 e. The van der Waals surface area contributed by atoms with Gasteiger partial charge in [0, 0.05) is 37.1 Å². The third kappa shape index (κ3) is 3.71. The SMILES string of the molecule is CC1CNC[C@@H](c2ccc(N)cc2)N1c1ccc(CCCO)cc1. The van der Waals surface area contributed by atoms with Gasteiger partial charge >= 0.3 is 0 Å². The molecule has 24 heavy (non-hydrogen) atoms. The molecule has 0 radical (unpaired) electrons. The van der Waals surface area contributed by atoms with Crippen LogP contribution in [0.25, 0.3) is 0 Å². The van der Waals surface area contributed by atoms with E-state index in [-0.39, 0.29) is 6.61 Å². The number of aliphatic hydroxyl groups excluding tert-OH is 1. The molecule has 2 aromatic carbocycles. The minimum absolute atomic E-state index is 0.246. The van der Waals surface area contributed by atoms with E-state index in [4.69, 9.17) is 10.8 Å². The molecule has 1 saturated heterocycles. The molecule has 2 aromatic rings. The number of rotatable bonds is 5. The molecule has 1 fully saturated rings. The lowest BCUT2D eigenvalue weighted by Crippen LogP contribution is -2.51. The highest BCUT2D eigenvalue weighted by molar-refractivity contribution is 5.53. The molecular weight excluding hydrogens is 298 g/mol. The lowest BCUT2D eigenvalue weighted by atomic mass is 9.98. The Labute approximate surface area is 144 Å². The summed E-state index contributed by atoms with van der Waals surface area (Å²) in [6.45, 7) is 4.42. The lowest BCUT2D eigenvalue weighted by molar-refractivity contribution is 0.288. The Balaban J connectivity index is 1.85. The van der Waals surface area contributed by atoms with Crippen LogP contribution in [0, 0.1) is 0 Å². The first-order chi connectivity index (χ1) is 11.7. The predicted octanol–water partition coefficient (Wildman–Crippen LogP) is 2.73. The second-order valence-corrected chi connectivity index (χ2v) is 6.59. The molecule has 0 saturated carbocycles. The Morgan fingerprint density at radius 3 is 2.46 bits per heavy atom. The average molecular weight is 325 g/mol. The van der Waals surface area contributed by atoms with Gasteiger partial charge in [0.1, 0.15) is 0 Å². The molecule has 2 atom stereocenters. The van der Waals surface area contributed by atoms with E-state index < -0.39 is 0 Å². The van der Waals surface area contributed by atoms with Gasteiger partial charge in [0.2, 0.25) is 0 Å². The van der Waals surface area contributed by atoms with Crippen molar-refractivity contribution < 1.29 is 5.11 Å². The highest BCUT2D eigenvalue weighted by Crippen LogP contribution is 2.31. The van der Waals surface area contributed by atoms with Crippen LogP contribution in [0.4, 0.5) is 11.4 Å². The zero-order valence-electron chi connectivity index (χ0n) is 14.3. The van der Waals surface area contributed by atoms with Crippen molar-refractivity contribution in [3.63, 3.8) is 0 Å². The van der Waals surface area contributed by atoms with Crippen LogP contribution in [0.15, 0.2) is 48.5 Å². The Hall–Kier alpha value is -2.04. The molecule has 0 aliphatic carbocycles. The second kappa shape index (κ2) is 7.69. The van der Waals surface area contributed by atoms with Crippen molar-refractivity contribution in [1.82, 2.24) is 5.32 Å². The number of nitrogen functional groups attached to an aromatic ring is 1. The van der Waals surface area contributed by atoms with Crippen LogP contribution in [0.3, 0.4) is 0 Å². The fraction of sp³-hybridized carbons (Fsp3) is 0.400. The predicted molar refractivity (Wildman–Crippen MR) is 100 cm³/mol. The van der Waals surface area contributed by atoms with E-state index in [1.165, 1.54) is 16.8 Å². The number of benzene rings is 2. The van der Waals surface area contributed by atoms with E-state index in [1.807, 2.05) is 12.1 Å². The van der Waals surface area contributed by atoms with Crippen LogP contribution in [-0.4, -0.2) is 30.8 Å². The summed E-state index contributed by atoms with van der Waals surface area (Å²) in [7, 11) is 0. The largest absolute Gasteiger partial charge is 0.399 e. The van der Waals surface area contributed by atoms with Gasteiger partial charge in [-0.1, -0.05) is 24.3 Å². The van der Waals surface area contributed by atoms with Crippen molar-refractivity contribution in [2.75, 3.05) is 30.3 Å². The van der Waals surface area contributed by atoms with Gasteiger partial charge in [0.25, 0.3) is 0 Å². The maximum atomic E-state index is 8.98. The van der Waals surface area contributed by atoms with Crippen molar-refractivity contribution >= 4 is 11.4 Å². The first-order valence-corrected chi connectivity index (χ1v) is 8.73. The lowest BCUT2D eigenvalue weighted by Gasteiger charge is -2.43. The van der Waals surface area contributed by atoms with Gasteiger partial charge in [0.15, 0.2) is 0 Å². The summed E-state index contributed by atoms with van der Waals surface area (Å²) in [5.41, 5.74) is 10.5. The maximum Gasteiger partial charge on any atom is 0.0670 e. The Morgan fingerprint density at radius 2 is 1.79 bits per heavy atom. The minimum Gasteiger partial charge on any atom is -0.399 e. The number of aryl methyl sites for hydroxylation is 1. The summed E-state index contributed by atoms with van der Waals surface area (Å²) in [5.74, 6) is 0. The number of piperazine rings is 1. The fourth-order valence-electron chi connectivity index (χ4n) is 3.48. The van der Waals surface area contributed by atoms with E-state index in [9.17, 15) is 0 Å². The topological polar surface area (TPSA) is 61.5 Å². The number of anilines is 2. The maximum absolute atomic E-state index is 8.98. The van der Waals surface area contributed by atoms with Crippen molar-refractivity contribution in [2.45, 2.75) is 31.8 Å². The van der Waals surface area contributed by atoms with E-state index >= 15 is 0 Å². The molecule has 0 bridgehead atoms. The summed E-state index contributed by atoms with van der Waals surface area (Å²) in [5, 5.41) is 12.5. The molecule has 3 rings (SSSR count). The van der Waals surface area contributed by atoms with Gasteiger partial charge in [-0.15, -0.1) is 0 Å². The van der Waals surface area contributed by atoms with Gasteiger partial charge in [-0.3, -0.25) is 0 Å². The normalized spacial score (nSPS) is 21.0. The van der Waals surface area contributed by atoms with Gasteiger partial charge in [-0.05, 0) is 55.2 Å². The third-order valence-corrected chi connectivity index (χ3v) is 4.77. The molecule has 4 nitrogen and oxygen atoms in total. The molecule has 4 heteroatoms. The Bertz CT molecular complexity index is 639. The molecule has 4 N–H and O–H groups in total. The quantitative estimate of drug-likeness (QED) is 0.740. The molecule has 1 heterocycles. The number of hydrogen-bond donors (Lipinski definition) is 3. The van der Waals surface area contributed by atoms with Crippen LogP contribution in [0.1, 0.15) is 30.5 Å². The Morgan fingerprint density at radius 1 is 1.08 bits per heavy atom. The van der Waals surface area contributed by atoms with E-state index in [2.05, 4.69) is 53.5 Å². The van der Waals surface area contributed by atoms with E-state index in [0.29, 0.717) is 12.1 Å². The zero-order valence-corrected chi connectivity index (χ0v) is 14.3. The first-order valence-electron chi connectivity index (χ1n) is 8.73. The summed E-state index contributed by atoms with van der Waals surface area (Å²) in [4.78, 5) is 2.50. The van der Waals surface area contributed by atoms with Crippen LogP contribution < -0.4 is 16.0 Å². The number of nitrogens with zero attached hydrogens (tertiary/aromatic N) is 1. The molecule has 128 valence electrons. The van der Waals surface area contributed by atoms with E-state index in [1.54, 1.807) is 0 Å². The first kappa shape index (κ1) is 16.8. The van der Waals surface area contributed by atoms with Gasteiger partial charge in [0.05, 0.1) is 6.04 Å². The van der Waals surface area contributed by atoms with Crippen LogP contribution >= 0.6 is 0 Å². The number of hydrogen-bond acceptors (Lipinski definition) is 4. The molecule has 0 amide bonds. The standard InChI is InChI=1S/C20H27N3O/c1-15-13-22-14-20(17-6-8-18(21)9-7-17)23(15)19-10-4-16(5-11-19)3-2-12-24/h4-11,15,20,22,24H,2-3,12-14,21H2,1H3/t15?,20-/m0/s1. The van der Waals surface area contributed by atoms with Crippen molar-refractivity contribution in [3.05, 3.63) is 59.7 Å². The molecule has 1 aliphatic rings. The second-order valence-electron chi connectivity index (χ2n) is 6.59. The van der Waals surface area contributed by atoms with Crippen LogP contribution in [0.2, 0.25) is 0 Å². The average Bonchev–Trinajstić information content (AvgIpc) is 2.61. The van der Waals surface area contributed by atoms with Crippen molar-refractivity contribution in [2.24, 2.45) is 0 Å². The van der Waals surface area contributed by atoms with Crippen molar-refractivity contribution in [1.29, 1.82) is 0 Å². The van der Waals surface area contributed by atoms with Gasteiger partial charge < -0.3 is 21.1 Å². The highest BCUT2D eigenvalue weighted by Gasteiger charge is 2.29. The monoisotopic (exact) mass is 325 g/mol. The highest BCUT2D eigenvalue weighted by atomic mass is 16.2. The van der Waals surface area contributed by atoms with Crippen LogP contribution in [-0.2, 0) is 6.42 Å². The fourth-order valence-corrected chi connectivity index (χ4v) is 3.48. The summed E-state index contributed by atoms with van der Waals surface area (Å²) in [6, 6.07) is 17.7. The minimum atomic E-state index is 0.246. The molecule has 0 spiro atoms. The molecule has 1 aliphatic heterocycles. The van der Waals surface area contributed by atoms with Gasteiger partial charge in [-0.2, -0.15) is 0 Å². The number of nitrogens with one attached hydrogen (secondary N) is 1. The summed E-state index contributed by atoms with van der Waals surface area (Å²) in [6.07, 6.45) is 1.74. The van der Waals surface area contributed by atoms with Gasteiger partial charge in [-0.25, -0.2) is 0 Å². The summed E-state index contributed by atoms with van der Waals surface area (Å²) >= 11 is 0. The summed E-state index contributed by atoms with van der Waals surface area (Å²) < 4.78 is 0. The Kier molecular flexibility index (Phi) is 5.38. The van der Waals surface area contributed by atoms with E-state index in [0.717, 1.165) is 31.6 Å². The molecule has 1 unspecified atom stereocenters. The number of aliphatic hydroxyl groups is 1. The third-order valence-electron chi connectivity index (χ3n) is 4.77.